The highest BCUT2D eigenvalue weighted by molar-refractivity contribution is 5.98. The van der Waals surface area contributed by atoms with Gasteiger partial charge in [0.15, 0.2) is 0 Å². The third-order valence-electron chi connectivity index (χ3n) is 5.42. The number of aromatic amines is 2. The second-order valence-corrected chi connectivity index (χ2v) is 7.04. The van der Waals surface area contributed by atoms with Crippen molar-refractivity contribution >= 4 is 21.9 Å². The van der Waals surface area contributed by atoms with Gasteiger partial charge in [-0.1, -0.05) is 30.3 Å². The first-order chi connectivity index (χ1) is 14.2. The molecule has 29 heavy (non-hydrogen) atoms. The molecule has 5 aromatic rings. The first-order valence-electron chi connectivity index (χ1n) is 9.48. The molecule has 144 valence electrons. The van der Waals surface area contributed by atoms with E-state index in [0.29, 0.717) is 0 Å². The highest BCUT2D eigenvalue weighted by Crippen LogP contribution is 2.37. The largest absolute Gasteiger partial charge is 0.496 e. The fourth-order valence-corrected chi connectivity index (χ4v) is 3.90. The fraction of sp³-hybridized carbons (Fsp3) is 0.125. The first kappa shape index (κ1) is 17.4. The maximum atomic E-state index is 5.56. The standard InChI is InChI=1S/C24H21N3O2/c1-14-21(28-2)11-15(12-22(14)29-3)16-8-6-10-20-23(16)27-24(26-20)18-13-25-19-9-5-4-7-17(18)19/h4-13,25H,1-3H3,(H,26,27). The van der Waals surface area contributed by atoms with E-state index in [-0.39, 0.29) is 0 Å². The Morgan fingerprint density at radius 1 is 0.828 bits per heavy atom. The Morgan fingerprint density at radius 3 is 2.31 bits per heavy atom. The van der Waals surface area contributed by atoms with Crippen molar-refractivity contribution in [2.75, 3.05) is 14.2 Å². The molecule has 2 aromatic heterocycles. The lowest BCUT2D eigenvalue weighted by Gasteiger charge is -2.13. The van der Waals surface area contributed by atoms with Gasteiger partial charge in [-0.15, -0.1) is 0 Å². The van der Waals surface area contributed by atoms with Crippen molar-refractivity contribution in [2.45, 2.75) is 6.92 Å². The van der Waals surface area contributed by atoms with Gasteiger partial charge in [-0.3, -0.25) is 0 Å². The normalized spacial score (nSPS) is 11.3. The highest BCUT2D eigenvalue weighted by atomic mass is 16.5. The number of hydrogen-bond acceptors (Lipinski definition) is 3. The van der Waals surface area contributed by atoms with Crippen LogP contribution >= 0.6 is 0 Å². The number of methoxy groups -OCH3 is 2. The van der Waals surface area contributed by atoms with Gasteiger partial charge in [0.2, 0.25) is 0 Å². The van der Waals surface area contributed by atoms with Crippen LogP contribution < -0.4 is 9.47 Å². The van der Waals surface area contributed by atoms with E-state index in [1.54, 1.807) is 14.2 Å². The van der Waals surface area contributed by atoms with Gasteiger partial charge >= 0.3 is 0 Å². The summed E-state index contributed by atoms with van der Waals surface area (Å²) >= 11 is 0. The summed E-state index contributed by atoms with van der Waals surface area (Å²) in [7, 11) is 3.35. The predicted octanol–water partition coefficient (Wildman–Crippen LogP) is 5.70. The van der Waals surface area contributed by atoms with Crippen LogP contribution in [-0.4, -0.2) is 29.2 Å². The molecule has 5 nitrogen and oxygen atoms in total. The molecule has 0 aliphatic carbocycles. The van der Waals surface area contributed by atoms with E-state index in [1.165, 1.54) is 0 Å². The molecule has 0 fully saturated rings. The number of aromatic nitrogens is 3. The molecule has 2 N–H and O–H groups in total. The molecule has 0 aliphatic rings. The average Bonchev–Trinajstić information content (AvgIpc) is 3.37. The number of nitrogens with zero attached hydrogens (tertiary/aromatic N) is 1. The third kappa shape index (κ3) is 2.74. The van der Waals surface area contributed by atoms with Crippen LogP contribution in [0.25, 0.3) is 44.5 Å². The minimum absolute atomic E-state index is 0.795. The van der Waals surface area contributed by atoms with Crippen LogP contribution in [0.3, 0.4) is 0 Å². The van der Waals surface area contributed by atoms with Crippen molar-refractivity contribution in [3.63, 3.8) is 0 Å². The fourth-order valence-electron chi connectivity index (χ4n) is 3.90. The zero-order valence-corrected chi connectivity index (χ0v) is 16.5. The minimum Gasteiger partial charge on any atom is -0.496 e. The summed E-state index contributed by atoms with van der Waals surface area (Å²) in [4.78, 5) is 11.8. The summed E-state index contributed by atoms with van der Waals surface area (Å²) in [6.45, 7) is 1.99. The quantitative estimate of drug-likeness (QED) is 0.418. The maximum absolute atomic E-state index is 5.56. The van der Waals surface area contributed by atoms with Crippen LogP contribution in [0, 0.1) is 6.92 Å². The number of rotatable bonds is 4. The number of imidazole rings is 1. The van der Waals surface area contributed by atoms with Gasteiger partial charge in [0.1, 0.15) is 17.3 Å². The van der Waals surface area contributed by atoms with Crippen molar-refractivity contribution in [3.8, 4) is 34.0 Å². The van der Waals surface area contributed by atoms with E-state index in [0.717, 1.165) is 61.5 Å². The van der Waals surface area contributed by atoms with Gasteiger partial charge in [-0.05, 0) is 36.8 Å². The third-order valence-corrected chi connectivity index (χ3v) is 5.42. The summed E-state index contributed by atoms with van der Waals surface area (Å²) in [6, 6.07) is 18.5. The van der Waals surface area contributed by atoms with Gasteiger partial charge in [0.05, 0.1) is 25.3 Å². The molecule has 0 bridgehead atoms. The van der Waals surface area contributed by atoms with E-state index in [2.05, 4.69) is 28.2 Å². The van der Waals surface area contributed by atoms with Gasteiger partial charge in [-0.2, -0.15) is 0 Å². The number of benzene rings is 3. The number of fused-ring (bicyclic) bond motifs is 2. The van der Waals surface area contributed by atoms with E-state index in [4.69, 9.17) is 14.5 Å². The molecule has 0 saturated heterocycles. The number of nitrogens with one attached hydrogen (secondary N) is 2. The molecule has 0 spiro atoms. The molecule has 0 unspecified atom stereocenters. The van der Waals surface area contributed by atoms with Crippen LogP contribution in [0.15, 0.2) is 60.8 Å². The van der Waals surface area contributed by atoms with Gasteiger partial charge in [0, 0.05) is 33.8 Å². The molecule has 2 heterocycles. The lowest BCUT2D eigenvalue weighted by molar-refractivity contribution is 0.389. The molecule has 0 saturated carbocycles. The van der Waals surface area contributed by atoms with Crippen molar-refractivity contribution in [1.29, 1.82) is 0 Å². The number of hydrogen-bond donors (Lipinski definition) is 2. The molecule has 0 atom stereocenters. The summed E-state index contributed by atoms with van der Waals surface area (Å²) in [5, 5.41) is 1.15. The van der Waals surface area contributed by atoms with E-state index >= 15 is 0 Å². The van der Waals surface area contributed by atoms with E-state index in [1.807, 2.05) is 49.5 Å². The van der Waals surface area contributed by atoms with Gasteiger partial charge < -0.3 is 19.4 Å². The molecule has 0 radical (unpaired) electrons. The summed E-state index contributed by atoms with van der Waals surface area (Å²) in [5.74, 6) is 2.43. The molecule has 3 aromatic carbocycles. The minimum atomic E-state index is 0.795. The predicted molar refractivity (Wildman–Crippen MR) is 117 cm³/mol. The molecular formula is C24H21N3O2. The van der Waals surface area contributed by atoms with Crippen LogP contribution in [0.4, 0.5) is 0 Å². The first-order valence-corrected chi connectivity index (χ1v) is 9.48. The van der Waals surface area contributed by atoms with Crippen LogP contribution in [0.2, 0.25) is 0 Å². The van der Waals surface area contributed by atoms with Crippen molar-refractivity contribution in [2.24, 2.45) is 0 Å². The highest BCUT2D eigenvalue weighted by Gasteiger charge is 2.16. The van der Waals surface area contributed by atoms with E-state index in [9.17, 15) is 0 Å². The number of ether oxygens (including phenoxy) is 2. The second-order valence-electron chi connectivity index (χ2n) is 7.04. The lowest BCUT2D eigenvalue weighted by atomic mass is 10.0. The zero-order chi connectivity index (χ0) is 20.0. The summed E-state index contributed by atoms with van der Waals surface area (Å²) < 4.78 is 11.1. The van der Waals surface area contributed by atoms with Gasteiger partial charge in [0.25, 0.3) is 0 Å². The van der Waals surface area contributed by atoms with E-state index < -0.39 is 0 Å². The van der Waals surface area contributed by atoms with Crippen LogP contribution in [0.1, 0.15) is 5.56 Å². The van der Waals surface area contributed by atoms with Crippen molar-refractivity contribution in [3.05, 3.63) is 66.4 Å². The topological polar surface area (TPSA) is 62.9 Å². The molecule has 0 aliphatic heterocycles. The molecular weight excluding hydrogens is 362 g/mol. The summed E-state index contributed by atoms with van der Waals surface area (Å²) in [5.41, 5.74) is 7.07. The molecule has 0 amide bonds. The Morgan fingerprint density at radius 2 is 1.55 bits per heavy atom. The zero-order valence-electron chi connectivity index (χ0n) is 16.5. The molecule has 5 rings (SSSR count). The Bertz CT molecular complexity index is 1320. The van der Waals surface area contributed by atoms with Crippen LogP contribution in [-0.2, 0) is 0 Å². The maximum Gasteiger partial charge on any atom is 0.140 e. The van der Waals surface area contributed by atoms with Gasteiger partial charge in [-0.25, -0.2) is 4.98 Å². The van der Waals surface area contributed by atoms with Crippen molar-refractivity contribution < 1.29 is 9.47 Å². The number of H-pyrrole nitrogens is 2. The van der Waals surface area contributed by atoms with Crippen LogP contribution in [0.5, 0.6) is 11.5 Å². The lowest BCUT2D eigenvalue weighted by Crippen LogP contribution is -1.94. The smallest absolute Gasteiger partial charge is 0.140 e. The Hall–Kier alpha value is -3.73. The van der Waals surface area contributed by atoms with Crippen molar-refractivity contribution in [1.82, 2.24) is 15.0 Å². The monoisotopic (exact) mass is 383 g/mol. The molecule has 5 heteroatoms. The number of para-hydroxylation sites is 2. The Labute approximate surface area is 168 Å². The second kappa shape index (κ2) is 6.71. The average molecular weight is 383 g/mol. The SMILES string of the molecule is COc1cc(-c2cccc3[nH]c(-c4c[nH]c5ccccc45)nc23)cc(OC)c1C. The Kier molecular flexibility index (Phi) is 4.02. The Balaban J connectivity index is 1.71. The summed E-state index contributed by atoms with van der Waals surface area (Å²) in [6.07, 6.45) is 2.00.